The summed E-state index contributed by atoms with van der Waals surface area (Å²) >= 11 is 0. The van der Waals surface area contributed by atoms with Crippen molar-refractivity contribution in [1.82, 2.24) is 0 Å². The lowest BCUT2D eigenvalue weighted by Gasteiger charge is -2.22. The van der Waals surface area contributed by atoms with Crippen LogP contribution in [0.25, 0.3) is 0 Å². The first-order chi connectivity index (χ1) is 5.55. The Morgan fingerprint density at radius 2 is 1.00 bits per heavy atom. The number of rotatable bonds is 2. The Hall–Kier alpha value is -0.470. The van der Waals surface area contributed by atoms with Crippen molar-refractivity contribution in [3.05, 3.63) is 0 Å². The molecule has 0 heterocycles. The van der Waals surface area contributed by atoms with E-state index in [0.29, 0.717) is 0 Å². The molecule has 0 aliphatic heterocycles. The third-order valence-corrected chi connectivity index (χ3v) is 0.893. The fraction of sp³-hybridized carbons (Fsp3) is 0.500. The largest absolute Gasteiger partial charge is 0.396 e. The molecule has 13 heavy (non-hydrogen) atoms. The molecule has 0 aliphatic carbocycles. The van der Waals surface area contributed by atoms with Crippen molar-refractivity contribution in [3.8, 4) is 0 Å². The topological polar surface area (TPSA) is 43.4 Å². The van der Waals surface area contributed by atoms with Gasteiger partial charge in [0.2, 0.25) is 0 Å². The molecule has 0 spiro atoms. The molecule has 0 saturated heterocycles. The van der Waals surface area contributed by atoms with E-state index in [9.17, 15) is 9.59 Å². The Kier molecular flexibility index (Phi) is 3.59. The zero-order chi connectivity index (χ0) is 10.9. The Morgan fingerprint density at radius 1 is 0.769 bits per heavy atom. The van der Waals surface area contributed by atoms with E-state index in [4.69, 9.17) is 47.1 Å². The fourth-order valence-corrected chi connectivity index (χ4v) is 0.261. The van der Waals surface area contributed by atoms with Crippen LogP contribution in [-0.2, 0) is 14.3 Å². The van der Waals surface area contributed by atoms with Gasteiger partial charge in [0, 0.05) is 0 Å². The summed E-state index contributed by atoms with van der Waals surface area (Å²) in [6.07, 6.45) is 0. The molecule has 9 heteroatoms. The van der Waals surface area contributed by atoms with E-state index < -0.39 is 22.2 Å². The molecule has 0 aliphatic rings. The summed E-state index contributed by atoms with van der Waals surface area (Å²) in [5.41, 5.74) is 0. The van der Waals surface area contributed by atoms with Gasteiger partial charge in [0.15, 0.2) is 0 Å². The van der Waals surface area contributed by atoms with E-state index in [-0.39, 0.29) is 0 Å². The summed E-state index contributed by atoms with van der Waals surface area (Å²) in [7, 11) is 29.3. The summed E-state index contributed by atoms with van der Waals surface area (Å²) in [6, 6.07) is 0. The van der Waals surface area contributed by atoms with Crippen molar-refractivity contribution >= 4 is 59.0 Å². The summed E-state index contributed by atoms with van der Waals surface area (Å²) in [5.74, 6) is -2.77. The number of carbonyl (C=O) groups excluding carboxylic acids is 2. The van der Waals surface area contributed by atoms with Crippen LogP contribution < -0.4 is 0 Å². The van der Waals surface area contributed by atoms with Gasteiger partial charge in [-0.3, -0.25) is 9.59 Å². The number of hydrogen-bond donors (Lipinski definition) is 0. The zero-order valence-corrected chi connectivity index (χ0v) is 6.69. The summed E-state index contributed by atoms with van der Waals surface area (Å²) in [5, 5.41) is -4.58. The maximum absolute atomic E-state index is 10.7. The van der Waals surface area contributed by atoms with Gasteiger partial charge in [0.25, 0.3) is 11.9 Å². The lowest BCUT2D eigenvalue weighted by Crippen LogP contribution is -2.35. The highest BCUT2D eigenvalue weighted by molar-refractivity contribution is 6.70. The van der Waals surface area contributed by atoms with E-state index in [1.807, 2.05) is 0 Å². The molecule has 0 atom stereocenters. The van der Waals surface area contributed by atoms with Crippen molar-refractivity contribution in [1.29, 1.82) is 0 Å². The number of esters is 2. The van der Waals surface area contributed by atoms with E-state index in [0.717, 1.165) is 0 Å². The first-order valence-corrected chi connectivity index (χ1v) is 3.05. The van der Waals surface area contributed by atoms with Crippen molar-refractivity contribution in [2.75, 3.05) is 0 Å². The zero-order valence-electron chi connectivity index (χ0n) is 6.69. The van der Waals surface area contributed by atoms with Gasteiger partial charge in [-0.15, -0.1) is 0 Å². The van der Waals surface area contributed by atoms with Gasteiger partial charge in [-0.2, -0.15) is 0 Å². The van der Waals surface area contributed by atoms with Crippen molar-refractivity contribution in [3.63, 3.8) is 0 Å². The molecule has 0 rings (SSSR count). The molecule has 0 unspecified atom stereocenters. The predicted molar refractivity (Wildman–Crippen MR) is 51.0 cm³/mol. The van der Waals surface area contributed by atoms with Crippen LogP contribution in [0, 0.1) is 0 Å². The lowest BCUT2D eigenvalue weighted by atomic mass is 9.42. The molecule has 12 radical (unpaired) electrons. The minimum atomic E-state index is -2.29. The van der Waals surface area contributed by atoms with Crippen molar-refractivity contribution < 1.29 is 14.3 Å². The van der Waals surface area contributed by atoms with Crippen LogP contribution in [-0.4, -0.2) is 59.0 Å². The molecule has 0 aromatic carbocycles. The van der Waals surface area contributed by atoms with E-state index in [1.165, 1.54) is 0 Å². The predicted octanol–water partition coefficient (Wildman–Crippen LogP) is -2.79. The van der Waals surface area contributed by atoms with Crippen LogP contribution in [0.2, 0.25) is 10.2 Å². The van der Waals surface area contributed by atoms with Gasteiger partial charge in [0.05, 0.1) is 47.1 Å². The Bertz CT molecular complexity index is 201. The molecule has 0 fully saturated rings. The normalized spacial score (nSPS) is 12.0. The van der Waals surface area contributed by atoms with Gasteiger partial charge in [-0.05, 0) is 10.2 Å². The minimum absolute atomic E-state index is 1.39. The van der Waals surface area contributed by atoms with Crippen LogP contribution in [0.15, 0.2) is 0 Å². The van der Waals surface area contributed by atoms with E-state index in [1.54, 1.807) is 0 Å². The SMILES string of the molecule is [B]C([B])([B])C(=O)OC(=O)C([B])([B])[B]. The van der Waals surface area contributed by atoms with E-state index >= 15 is 0 Å². The van der Waals surface area contributed by atoms with Crippen LogP contribution in [0.4, 0.5) is 0 Å². The Morgan fingerprint density at radius 3 is 1.15 bits per heavy atom. The Balaban J connectivity index is 4.34. The Labute approximate surface area is 84.2 Å². The first kappa shape index (κ1) is 12.5. The van der Waals surface area contributed by atoms with Gasteiger partial charge in [-0.25, -0.2) is 0 Å². The van der Waals surface area contributed by atoms with Gasteiger partial charge in [0.1, 0.15) is 0 Å². The highest BCUT2D eigenvalue weighted by Gasteiger charge is 2.29. The second kappa shape index (κ2) is 3.72. The lowest BCUT2D eigenvalue weighted by molar-refractivity contribution is -0.158. The second-order valence-electron chi connectivity index (χ2n) is 2.54. The van der Waals surface area contributed by atoms with Crippen LogP contribution >= 0.6 is 0 Å². The monoisotopic (exact) mass is 162 g/mol. The number of hydrogen-bond acceptors (Lipinski definition) is 3. The maximum atomic E-state index is 10.7. The van der Waals surface area contributed by atoms with Crippen molar-refractivity contribution in [2.24, 2.45) is 0 Å². The highest BCUT2D eigenvalue weighted by Crippen LogP contribution is 2.16. The highest BCUT2D eigenvalue weighted by atomic mass is 16.6. The third-order valence-electron chi connectivity index (χ3n) is 0.893. The summed E-state index contributed by atoms with van der Waals surface area (Å²) in [4.78, 5) is 21.5. The maximum Gasteiger partial charge on any atom is 0.294 e. The van der Waals surface area contributed by atoms with Gasteiger partial charge >= 0.3 is 0 Å². The number of carbonyl (C=O) groups is 2. The summed E-state index contributed by atoms with van der Waals surface area (Å²) in [6.45, 7) is 0. The van der Waals surface area contributed by atoms with Gasteiger partial charge < -0.3 is 4.74 Å². The van der Waals surface area contributed by atoms with Gasteiger partial charge in [-0.1, -0.05) is 0 Å². The molecule has 0 N–H and O–H groups in total. The standard InChI is InChI=1S/C4B6O3/c5-3(6,7)1(11)13-2(12)4(8,9)10. The average Bonchev–Trinajstić information content (AvgIpc) is 1.82. The molecule has 52 valence electrons. The van der Waals surface area contributed by atoms with Crippen LogP contribution in [0.5, 0.6) is 0 Å². The van der Waals surface area contributed by atoms with Crippen LogP contribution in [0.3, 0.4) is 0 Å². The van der Waals surface area contributed by atoms with Crippen molar-refractivity contribution in [2.45, 2.75) is 10.2 Å². The molecule has 0 saturated carbocycles. The second-order valence-corrected chi connectivity index (χ2v) is 2.54. The summed E-state index contributed by atoms with van der Waals surface area (Å²) < 4.78 is 3.95. The van der Waals surface area contributed by atoms with Crippen LogP contribution in [0.1, 0.15) is 0 Å². The molecule has 0 amide bonds. The first-order valence-electron chi connectivity index (χ1n) is 3.05. The van der Waals surface area contributed by atoms with E-state index in [2.05, 4.69) is 4.74 Å². The minimum Gasteiger partial charge on any atom is -0.396 e. The molecule has 0 aromatic rings. The smallest absolute Gasteiger partial charge is 0.294 e. The molecule has 0 bridgehead atoms. The fourth-order valence-electron chi connectivity index (χ4n) is 0.261. The molecular formula is C4B6O3. The molecule has 0 aromatic heterocycles. The number of ether oxygens (including phenoxy) is 1. The molecule has 3 nitrogen and oxygen atoms in total. The average molecular weight is 161 g/mol. The third kappa shape index (κ3) is 4.34. The quantitative estimate of drug-likeness (QED) is 0.250. The molecular weight excluding hydrogens is 161 g/mol.